The monoisotopic (exact) mass is 259 g/mol. The molecular weight excluding hydrogens is 245 g/mol. The quantitative estimate of drug-likeness (QED) is 0.900. The Bertz CT molecular complexity index is 630. The fourth-order valence-corrected chi connectivity index (χ4v) is 2.28. The number of fused-ring (bicyclic) bond motifs is 1. The zero-order chi connectivity index (χ0) is 13.4. The molecule has 0 fully saturated rings. The molecule has 2 heterocycles. The summed E-state index contributed by atoms with van der Waals surface area (Å²) in [6, 6.07) is 7.80. The number of hydrogen-bond donors (Lipinski definition) is 1. The van der Waals surface area contributed by atoms with Crippen LogP contribution in [0.5, 0.6) is 5.75 Å². The van der Waals surface area contributed by atoms with Crippen LogP contribution in [0.1, 0.15) is 23.0 Å². The van der Waals surface area contributed by atoms with Crippen LogP contribution in [0.3, 0.4) is 0 Å². The summed E-state index contributed by atoms with van der Waals surface area (Å²) in [5, 5.41) is 2.76. The van der Waals surface area contributed by atoms with Crippen LogP contribution in [-0.4, -0.2) is 23.6 Å². The maximum atomic E-state index is 13.7. The minimum Gasteiger partial charge on any atom is -0.492 e. The Kier molecular flexibility index (Phi) is 2.81. The summed E-state index contributed by atoms with van der Waals surface area (Å²) < 4.78 is 19.4. The van der Waals surface area contributed by atoms with Crippen molar-refractivity contribution in [1.29, 1.82) is 0 Å². The van der Waals surface area contributed by atoms with E-state index < -0.39 is 5.82 Å². The van der Waals surface area contributed by atoms with Gasteiger partial charge in [0.15, 0.2) is 11.6 Å². The van der Waals surface area contributed by atoms with Crippen molar-refractivity contribution in [3.05, 3.63) is 47.2 Å². The van der Waals surface area contributed by atoms with Gasteiger partial charge in [0.25, 0.3) is 0 Å². The van der Waals surface area contributed by atoms with Crippen molar-refractivity contribution in [2.75, 3.05) is 19.0 Å². The van der Waals surface area contributed by atoms with Crippen LogP contribution in [0.4, 0.5) is 10.2 Å². The van der Waals surface area contributed by atoms with E-state index in [9.17, 15) is 4.39 Å². The van der Waals surface area contributed by atoms with E-state index in [1.165, 1.54) is 0 Å². The van der Waals surface area contributed by atoms with Crippen molar-refractivity contribution in [2.24, 2.45) is 0 Å². The van der Waals surface area contributed by atoms with Gasteiger partial charge >= 0.3 is 0 Å². The molecule has 4 nitrogen and oxygen atoms in total. The molecule has 19 heavy (non-hydrogen) atoms. The molecule has 0 radical (unpaired) electrons. The van der Waals surface area contributed by atoms with Crippen LogP contribution in [0, 0.1) is 12.7 Å². The lowest BCUT2D eigenvalue weighted by molar-refractivity contribution is 0.339. The minimum atomic E-state index is -0.404. The number of rotatable bonds is 2. The van der Waals surface area contributed by atoms with E-state index in [0.717, 1.165) is 11.3 Å². The topological polar surface area (TPSA) is 47.0 Å². The number of nitrogens with zero attached hydrogens (tertiary/aromatic N) is 2. The highest BCUT2D eigenvalue weighted by atomic mass is 19.1. The van der Waals surface area contributed by atoms with Crippen molar-refractivity contribution in [2.45, 2.75) is 12.8 Å². The van der Waals surface area contributed by atoms with Gasteiger partial charge in [-0.3, -0.25) is 0 Å². The molecule has 0 spiro atoms. The van der Waals surface area contributed by atoms with Crippen LogP contribution in [0.2, 0.25) is 0 Å². The average Bonchev–Trinajstić information content (AvgIpc) is 2.85. The lowest BCUT2D eigenvalue weighted by atomic mass is 10.0. The van der Waals surface area contributed by atoms with E-state index in [-0.39, 0.29) is 11.7 Å². The smallest absolute Gasteiger partial charge is 0.186 e. The van der Waals surface area contributed by atoms with Gasteiger partial charge in [-0.25, -0.2) is 14.4 Å². The van der Waals surface area contributed by atoms with E-state index in [1.54, 1.807) is 14.0 Å². The van der Waals surface area contributed by atoms with E-state index in [4.69, 9.17) is 4.74 Å². The molecule has 0 aliphatic carbocycles. The van der Waals surface area contributed by atoms with Crippen LogP contribution < -0.4 is 10.1 Å². The molecule has 0 saturated carbocycles. The van der Waals surface area contributed by atoms with Gasteiger partial charge in [-0.05, 0) is 13.0 Å². The van der Waals surface area contributed by atoms with Crippen LogP contribution in [0.15, 0.2) is 24.3 Å². The van der Waals surface area contributed by atoms with Crippen LogP contribution >= 0.6 is 0 Å². The maximum absolute atomic E-state index is 13.7. The van der Waals surface area contributed by atoms with E-state index >= 15 is 0 Å². The third kappa shape index (κ3) is 1.91. The average molecular weight is 259 g/mol. The van der Waals surface area contributed by atoms with Gasteiger partial charge in [0, 0.05) is 12.6 Å². The van der Waals surface area contributed by atoms with Gasteiger partial charge < -0.3 is 10.1 Å². The SMILES string of the molecule is CNc1nc(C2COc3ccccc32)nc(C)c1F. The predicted octanol–water partition coefficient (Wildman–Crippen LogP) is 2.49. The predicted molar refractivity (Wildman–Crippen MR) is 70.1 cm³/mol. The highest BCUT2D eigenvalue weighted by Crippen LogP contribution is 2.36. The van der Waals surface area contributed by atoms with Crippen molar-refractivity contribution in [1.82, 2.24) is 9.97 Å². The fraction of sp³-hybridized carbons (Fsp3) is 0.286. The number of ether oxygens (including phenoxy) is 1. The molecular formula is C14H14FN3O. The number of aromatic nitrogens is 2. The molecule has 1 aliphatic heterocycles. The van der Waals surface area contributed by atoms with Gasteiger partial charge in [-0.1, -0.05) is 18.2 Å². The minimum absolute atomic E-state index is 0.0393. The number of aryl methyl sites for hydroxylation is 1. The van der Waals surface area contributed by atoms with Gasteiger partial charge in [0.1, 0.15) is 18.2 Å². The largest absolute Gasteiger partial charge is 0.492 e. The molecule has 1 atom stereocenters. The second kappa shape index (κ2) is 4.50. The first-order valence-electron chi connectivity index (χ1n) is 6.14. The molecule has 1 unspecified atom stereocenters. The summed E-state index contributed by atoms with van der Waals surface area (Å²) in [6.07, 6.45) is 0. The zero-order valence-corrected chi connectivity index (χ0v) is 10.8. The van der Waals surface area contributed by atoms with E-state index in [2.05, 4.69) is 15.3 Å². The zero-order valence-electron chi connectivity index (χ0n) is 10.8. The molecule has 3 rings (SSSR count). The third-order valence-corrected chi connectivity index (χ3v) is 3.28. The molecule has 5 heteroatoms. The number of benzene rings is 1. The van der Waals surface area contributed by atoms with Crippen molar-refractivity contribution in [3.63, 3.8) is 0 Å². The van der Waals surface area contributed by atoms with Crippen molar-refractivity contribution < 1.29 is 9.13 Å². The number of halogens is 1. The van der Waals surface area contributed by atoms with Gasteiger partial charge in [-0.2, -0.15) is 0 Å². The molecule has 2 aromatic rings. The first kappa shape index (κ1) is 11.9. The maximum Gasteiger partial charge on any atom is 0.186 e. The number of para-hydroxylation sites is 1. The summed E-state index contributed by atoms with van der Waals surface area (Å²) >= 11 is 0. The summed E-state index contributed by atoms with van der Waals surface area (Å²) in [5.74, 6) is 1.23. The molecule has 1 aromatic carbocycles. The fourth-order valence-electron chi connectivity index (χ4n) is 2.28. The Morgan fingerprint density at radius 1 is 1.32 bits per heavy atom. The Balaban J connectivity index is 2.07. The molecule has 0 amide bonds. The van der Waals surface area contributed by atoms with Gasteiger partial charge in [-0.15, -0.1) is 0 Å². The normalized spacial score (nSPS) is 16.9. The van der Waals surface area contributed by atoms with Crippen molar-refractivity contribution in [3.8, 4) is 5.75 Å². The number of anilines is 1. The Hall–Kier alpha value is -2.17. The van der Waals surface area contributed by atoms with E-state index in [0.29, 0.717) is 18.1 Å². The molecule has 1 aromatic heterocycles. The second-order valence-electron chi connectivity index (χ2n) is 4.48. The lowest BCUT2D eigenvalue weighted by Crippen LogP contribution is -2.12. The lowest BCUT2D eigenvalue weighted by Gasteiger charge is -2.11. The second-order valence-corrected chi connectivity index (χ2v) is 4.48. The molecule has 0 bridgehead atoms. The molecule has 1 N–H and O–H groups in total. The Morgan fingerprint density at radius 2 is 2.11 bits per heavy atom. The summed E-state index contributed by atoms with van der Waals surface area (Å²) in [7, 11) is 1.65. The van der Waals surface area contributed by atoms with Gasteiger partial charge in [0.2, 0.25) is 0 Å². The van der Waals surface area contributed by atoms with E-state index in [1.807, 2.05) is 24.3 Å². The first-order valence-corrected chi connectivity index (χ1v) is 6.14. The highest BCUT2D eigenvalue weighted by molar-refractivity contribution is 5.45. The summed E-state index contributed by atoms with van der Waals surface area (Å²) in [5.41, 5.74) is 1.40. The first-order chi connectivity index (χ1) is 9.20. The molecule has 98 valence electrons. The van der Waals surface area contributed by atoms with Gasteiger partial charge in [0.05, 0.1) is 11.6 Å². The Labute approximate surface area is 110 Å². The molecule has 0 saturated heterocycles. The van der Waals surface area contributed by atoms with Crippen LogP contribution in [0.25, 0.3) is 0 Å². The Morgan fingerprint density at radius 3 is 2.89 bits per heavy atom. The number of nitrogens with one attached hydrogen (secondary N) is 1. The third-order valence-electron chi connectivity index (χ3n) is 3.28. The molecule has 1 aliphatic rings. The van der Waals surface area contributed by atoms with Crippen LogP contribution in [-0.2, 0) is 0 Å². The van der Waals surface area contributed by atoms with Crippen molar-refractivity contribution >= 4 is 5.82 Å². The summed E-state index contributed by atoms with van der Waals surface area (Å²) in [6.45, 7) is 2.14. The summed E-state index contributed by atoms with van der Waals surface area (Å²) in [4.78, 5) is 8.51. The number of hydrogen-bond acceptors (Lipinski definition) is 4. The standard InChI is InChI=1S/C14H14FN3O/c1-8-12(15)14(16-2)18-13(17-8)10-7-19-11-6-4-3-5-9(10)11/h3-6,10H,7H2,1-2H3,(H,16,17,18). The highest BCUT2D eigenvalue weighted by Gasteiger charge is 2.28.